The lowest BCUT2D eigenvalue weighted by molar-refractivity contribution is -0.124. The molecule has 2 rings (SSSR count). The molecule has 0 heterocycles. The molecule has 0 saturated heterocycles. The summed E-state index contributed by atoms with van der Waals surface area (Å²) in [5.74, 6) is -0.151. The molecular weight excluding hydrogens is 206 g/mol. The van der Waals surface area contributed by atoms with Gasteiger partial charge in [-0.25, -0.2) is 0 Å². The van der Waals surface area contributed by atoms with Gasteiger partial charge < -0.3 is 15.4 Å². The third-order valence-corrected chi connectivity index (χ3v) is 4.19. The Labute approximate surface area is 96.0 Å². The molecule has 0 spiro atoms. The van der Waals surface area contributed by atoms with E-state index in [0.29, 0.717) is 18.6 Å². The van der Waals surface area contributed by atoms with Gasteiger partial charge >= 0.3 is 0 Å². The van der Waals surface area contributed by atoms with E-state index < -0.39 is 11.7 Å². The van der Waals surface area contributed by atoms with Gasteiger partial charge in [-0.2, -0.15) is 0 Å². The van der Waals surface area contributed by atoms with Gasteiger partial charge in [-0.3, -0.25) is 0 Å². The Kier molecular flexibility index (Phi) is 3.50. The van der Waals surface area contributed by atoms with E-state index in [-0.39, 0.29) is 5.92 Å². The first-order chi connectivity index (χ1) is 7.68. The fourth-order valence-corrected chi connectivity index (χ4v) is 3.22. The number of aliphatic hydroxyl groups excluding tert-OH is 1. The van der Waals surface area contributed by atoms with Crippen molar-refractivity contribution in [3.05, 3.63) is 0 Å². The minimum atomic E-state index is -1.06. The van der Waals surface area contributed by atoms with Crippen LogP contribution in [0.2, 0.25) is 0 Å². The largest absolute Gasteiger partial charge is 0.411 e. The second kappa shape index (κ2) is 4.72. The standard InChI is InChI=1S/C12H21NO3/c14-11-7-3-4-8-12(11,15)9-5-1-2-6-10(9)13-16/h9,11,14-16H,1-8H2/b13-10+. The number of nitrogens with zero attached hydrogens (tertiary/aromatic N) is 1. The SMILES string of the molecule is O/N=C1\CCCCC1C1(O)CCCCC1O. The van der Waals surface area contributed by atoms with Crippen molar-refractivity contribution in [1.29, 1.82) is 0 Å². The molecule has 2 aliphatic rings. The second-order valence-corrected chi connectivity index (χ2v) is 5.14. The topological polar surface area (TPSA) is 73.1 Å². The molecule has 0 aliphatic heterocycles. The van der Waals surface area contributed by atoms with Crippen molar-refractivity contribution in [3.8, 4) is 0 Å². The van der Waals surface area contributed by atoms with Crippen LogP contribution in [0.25, 0.3) is 0 Å². The van der Waals surface area contributed by atoms with Gasteiger partial charge in [0.25, 0.3) is 0 Å². The van der Waals surface area contributed by atoms with Crippen LogP contribution in [-0.2, 0) is 0 Å². The number of rotatable bonds is 1. The summed E-state index contributed by atoms with van der Waals surface area (Å²) < 4.78 is 0. The maximum atomic E-state index is 10.6. The minimum absolute atomic E-state index is 0.151. The molecule has 0 aromatic carbocycles. The summed E-state index contributed by atoms with van der Waals surface area (Å²) in [7, 11) is 0. The average molecular weight is 227 g/mol. The lowest BCUT2D eigenvalue weighted by atomic mass is 9.67. The molecule has 2 saturated carbocycles. The summed E-state index contributed by atoms with van der Waals surface area (Å²) >= 11 is 0. The van der Waals surface area contributed by atoms with Crippen LogP contribution in [0, 0.1) is 5.92 Å². The van der Waals surface area contributed by atoms with Crippen LogP contribution in [0.1, 0.15) is 51.4 Å². The molecule has 0 bridgehead atoms. The zero-order valence-electron chi connectivity index (χ0n) is 9.60. The first kappa shape index (κ1) is 11.9. The highest BCUT2D eigenvalue weighted by molar-refractivity contribution is 5.88. The van der Waals surface area contributed by atoms with Crippen molar-refractivity contribution in [3.63, 3.8) is 0 Å². The summed E-state index contributed by atoms with van der Waals surface area (Å²) in [5, 5.41) is 32.9. The van der Waals surface area contributed by atoms with E-state index in [4.69, 9.17) is 5.21 Å². The molecule has 2 fully saturated rings. The normalized spacial score (nSPS) is 43.5. The third-order valence-electron chi connectivity index (χ3n) is 4.19. The maximum absolute atomic E-state index is 10.6. The van der Waals surface area contributed by atoms with Crippen LogP contribution in [0.15, 0.2) is 5.16 Å². The van der Waals surface area contributed by atoms with Crippen molar-refractivity contribution < 1.29 is 15.4 Å². The lowest BCUT2D eigenvalue weighted by Gasteiger charge is -2.44. The van der Waals surface area contributed by atoms with E-state index in [2.05, 4.69) is 5.16 Å². The van der Waals surface area contributed by atoms with E-state index in [0.717, 1.165) is 38.5 Å². The molecule has 0 radical (unpaired) electrons. The molecule has 92 valence electrons. The molecule has 16 heavy (non-hydrogen) atoms. The number of hydrogen-bond donors (Lipinski definition) is 3. The predicted molar refractivity (Wildman–Crippen MR) is 60.6 cm³/mol. The average Bonchev–Trinajstić information content (AvgIpc) is 2.33. The van der Waals surface area contributed by atoms with Crippen molar-refractivity contribution in [2.24, 2.45) is 11.1 Å². The Balaban J connectivity index is 2.19. The van der Waals surface area contributed by atoms with E-state index in [1.807, 2.05) is 0 Å². The van der Waals surface area contributed by atoms with Crippen LogP contribution in [0.3, 0.4) is 0 Å². The fourth-order valence-electron chi connectivity index (χ4n) is 3.22. The number of oxime groups is 1. The minimum Gasteiger partial charge on any atom is -0.411 e. The van der Waals surface area contributed by atoms with E-state index in [1.54, 1.807) is 0 Å². The predicted octanol–water partition coefficient (Wildman–Crippen LogP) is 1.67. The van der Waals surface area contributed by atoms with Gasteiger partial charge in [0, 0.05) is 5.92 Å². The highest BCUT2D eigenvalue weighted by Gasteiger charge is 2.47. The van der Waals surface area contributed by atoms with Crippen molar-refractivity contribution in [2.75, 3.05) is 0 Å². The van der Waals surface area contributed by atoms with Crippen LogP contribution >= 0.6 is 0 Å². The Bertz CT molecular complexity index is 279. The van der Waals surface area contributed by atoms with Gasteiger partial charge in [-0.05, 0) is 32.1 Å². The fraction of sp³-hybridized carbons (Fsp3) is 0.917. The van der Waals surface area contributed by atoms with E-state index >= 15 is 0 Å². The smallest absolute Gasteiger partial charge is 0.0986 e. The maximum Gasteiger partial charge on any atom is 0.0986 e. The number of aliphatic hydroxyl groups is 2. The van der Waals surface area contributed by atoms with E-state index in [9.17, 15) is 10.2 Å². The van der Waals surface area contributed by atoms with Crippen LogP contribution < -0.4 is 0 Å². The summed E-state index contributed by atoms with van der Waals surface area (Å²) in [6.45, 7) is 0. The van der Waals surface area contributed by atoms with Crippen LogP contribution in [0.5, 0.6) is 0 Å². The summed E-state index contributed by atoms with van der Waals surface area (Å²) in [5.41, 5.74) is -0.380. The van der Waals surface area contributed by atoms with Gasteiger partial charge in [-0.1, -0.05) is 24.4 Å². The summed E-state index contributed by atoms with van der Waals surface area (Å²) in [6, 6.07) is 0. The van der Waals surface area contributed by atoms with Gasteiger partial charge in [0.15, 0.2) is 0 Å². The Hall–Kier alpha value is -0.610. The Morgan fingerprint density at radius 1 is 1.12 bits per heavy atom. The van der Waals surface area contributed by atoms with Crippen molar-refractivity contribution >= 4 is 5.71 Å². The third kappa shape index (κ3) is 1.96. The van der Waals surface area contributed by atoms with E-state index in [1.165, 1.54) is 0 Å². The van der Waals surface area contributed by atoms with Gasteiger partial charge in [0.05, 0.1) is 17.4 Å². The highest BCUT2D eigenvalue weighted by atomic mass is 16.4. The molecular formula is C12H21NO3. The Morgan fingerprint density at radius 2 is 1.88 bits per heavy atom. The Morgan fingerprint density at radius 3 is 2.56 bits per heavy atom. The molecule has 3 atom stereocenters. The lowest BCUT2D eigenvalue weighted by Crippen LogP contribution is -2.54. The molecule has 0 aromatic rings. The molecule has 3 N–H and O–H groups in total. The van der Waals surface area contributed by atoms with Crippen LogP contribution in [-0.4, -0.2) is 32.8 Å². The second-order valence-electron chi connectivity index (χ2n) is 5.14. The molecule has 0 aromatic heterocycles. The molecule has 3 unspecified atom stereocenters. The molecule has 4 heteroatoms. The van der Waals surface area contributed by atoms with Crippen LogP contribution in [0.4, 0.5) is 0 Å². The zero-order chi connectivity index (χ0) is 11.6. The van der Waals surface area contributed by atoms with Crippen molar-refractivity contribution in [2.45, 2.75) is 63.1 Å². The monoisotopic (exact) mass is 227 g/mol. The first-order valence-electron chi connectivity index (χ1n) is 6.30. The summed E-state index contributed by atoms with van der Waals surface area (Å²) in [6.07, 6.45) is 6.17. The molecule has 2 aliphatic carbocycles. The quantitative estimate of drug-likeness (QED) is 0.471. The molecule has 0 amide bonds. The van der Waals surface area contributed by atoms with Gasteiger partial charge in [0.1, 0.15) is 0 Å². The number of hydrogen-bond acceptors (Lipinski definition) is 4. The van der Waals surface area contributed by atoms with Gasteiger partial charge in [-0.15, -0.1) is 0 Å². The highest BCUT2D eigenvalue weighted by Crippen LogP contribution is 2.40. The van der Waals surface area contributed by atoms with Gasteiger partial charge in [0.2, 0.25) is 0 Å². The molecule has 4 nitrogen and oxygen atoms in total. The van der Waals surface area contributed by atoms with Crippen molar-refractivity contribution in [1.82, 2.24) is 0 Å². The summed E-state index contributed by atoms with van der Waals surface area (Å²) in [4.78, 5) is 0. The zero-order valence-corrected chi connectivity index (χ0v) is 9.60. The first-order valence-corrected chi connectivity index (χ1v) is 6.30.